The lowest BCUT2D eigenvalue weighted by atomic mass is 9.71. The second-order valence-electron chi connectivity index (χ2n) is 20.1. The average molecular weight is 969 g/mol. The molecule has 15 heteroatoms. The van der Waals surface area contributed by atoms with Crippen LogP contribution in [0.2, 0.25) is 0 Å². The number of amides is 3. The molecular formula is C54H60N6O7S2. The number of nitrogens with one attached hydrogen (secondary N) is 2. The molecule has 9 rings (SSSR count). The van der Waals surface area contributed by atoms with Gasteiger partial charge in [-0.25, -0.2) is 4.98 Å². The predicted molar refractivity (Wildman–Crippen MR) is 272 cm³/mol. The van der Waals surface area contributed by atoms with Gasteiger partial charge in [0.25, 0.3) is 0 Å². The summed E-state index contributed by atoms with van der Waals surface area (Å²) in [6, 6.07) is 25.9. The summed E-state index contributed by atoms with van der Waals surface area (Å²) >= 11 is 3.02. The number of carbonyl (C=O) groups is 4. The van der Waals surface area contributed by atoms with Gasteiger partial charge in [-0.2, -0.15) is 0 Å². The lowest BCUT2D eigenvalue weighted by Crippen LogP contribution is -2.59. The zero-order chi connectivity index (χ0) is 48.6. The number of hydrogen-bond donors (Lipinski definition) is 5. The van der Waals surface area contributed by atoms with Gasteiger partial charge in [0.15, 0.2) is 5.78 Å². The number of thiophene rings is 1. The maximum Gasteiger partial charge on any atom is 0.246 e. The van der Waals surface area contributed by atoms with Gasteiger partial charge in [0.05, 0.1) is 28.7 Å². The first kappa shape index (κ1) is 47.9. The van der Waals surface area contributed by atoms with Crippen molar-refractivity contribution >= 4 is 62.0 Å². The molecule has 6 aromatic rings. The molecule has 0 bridgehead atoms. The molecule has 13 nitrogen and oxygen atoms in total. The monoisotopic (exact) mass is 968 g/mol. The number of thiazole rings is 1. The summed E-state index contributed by atoms with van der Waals surface area (Å²) in [5.74, 6) is -0.770. The third kappa shape index (κ3) is 10.4. The molecule has 1 unspecified atom stereocenters. The minimum atomic E-state index is -0.894. The first-order valence-electron chi connectivity index (χ1n) is 23.8. The number of piperidine rings is 2. The van der Waals surface area contributed by atoms with Crippen LogP contribution in [-0.2, 0) is 20.9 Å². The van der Waals surface area contributed by atoms with Gasteiger partial charge in [0, 0.05) is 64.4 Å². The highest BCUT2D eigenvalue weighted by Crippen LogP contribution is 2.44. The van der Waals surface area contributed by atoms with E-state index in [0.717, 1.165) is 99.8 Å². The number of anilines is 1. The van der Waals surface area contributed by atoms with Gasteiger partial charge in [0.1, 0.15) is 23.6 Å². The number of aryl methyl sites for hydroxylation is 1. The van der Waals surface area contributed by atoms with Crippen LogP contribution in [0.5, 0.6) is 11.5 Å². The zero-order valence-electron chi connectivity index (χ0n) is 39.5. The number of nitrogens with zero attached hydrogens (tertiary/aromatic N) is 4. The second-order valence-corrected chi connectivity index (χ2v) is 22.0. The van der Waals surface area contributed by atoms with Crippen molar-refractivity contribution in [1.29, 1.82) is 0 Å². The number of aliphatic hydroxyl groups excluding tert-OH is 1. The number of ketones is 1. The normalized spacial score (nSPS) is 18.9. The maximum absolute atomic E-state index is 14.3. The Morgan fingerprint density at radius 3 is 2.12 bits per heavy atom. The average Bonchev–Trinajstić information content (AvgIpc) is 4.07. The van der Waals surface area contributed by atoms with Gasteiger partial charge >= 0.3 is 0 Å². The highest BCUT2D eigenvalue weighted by Gasteiger charge is 2.45. The lowest BCUT2D eigenvalue weighted by molar-refractivity contribution is -0.144. The molecule has 0 radical (unpaired) electrons. The van der Waals surface area contributed by atoms with Crippen molar-refractivity contribution in [3.63, 3.8) is 0 Å². The number of likely N-dealkylation sites (tertiary alicyclic amines) is 2. The van der Waals surface area contributed by atoms with E-state index in [1.807, 2.05) is 81.7 Å². The smallest absolute Gasteiger partial charge is 0.246 e. The summed E-state index contributed by atoms with van der Waals surface area (Å²) in [6.07, 6.45) is 3.26. The molecule has 3 aliphatic rings. The van der Waals surface area contributed by atoms with E-state index in [2.05, 4.69) is 25.4 Å². The first-order chi connectivity index (χ1) is 33.0. The van der Waals surface area contributed by atoms with Gasteiger partial charge in [-0.1, -0.05) is 45.0 Å². The molecule has 3 atom stereocenters. The molecule has 69 heavy (non-hydrogen) atoms. The highest BCUT2D eigenvalue weighted by molar-refractivity contribution is 7.22. The minimum Gasteiger partial charge on any atom is -0.508 e. The van der Waals surface area contributed by atoms with E-state index in [9.17, 15) is 34.5 Å². The molecule has 5 N–H and O–H groups in total. The van der Waals surface area contributed by atoms with E-state index in [1.165, 1.54) is 16.2 Å². The molecule has 3 saturated heterocycles. The van der Waals surface area contributed by atoms with Crippen LogP contribution < -0.4 is 15.5 Å². The van der Waals surface area contributed by atoms with Crippen LogP contribution in [0.4, 0.5) is 5.69 Å². The van der Waals surface area contributed by atoms with Crippen molar-refractivity contribution in [3.05, 3.63) is 119 Å². The third-order valence-electron chi connectivity index (χ3n) is 14.3. The Bertz CT molecular complexity index is 2840. The van der Waals surface area contributed by atoms with Crippen LogP contribution >= 0.6 is 22.7 Å². The molecule has 3 aliphatic heterocycles. The molecule has 3 amide bonds. The van der Waals surface area contributed by atoms with E-state index in [-0.39, 0.29) is 66.5 Å². The number of aromatic nitrogens is 1. The number of aliphatic hydroxyl groups is 1. The number of phenolic OH excluding ortho intramolecular Hbond substituents is 2. The summed E-state index contributed by atoms with van der Waals surface area (Å²) in [5, 5.41) is 37.6. The summed E-state index contributed by atoms with van der Waals surface area (Å²) in [5.41, 5.74) is 7.33. The van der Waals surface area contributed by atoms with Crippen LogP contribution in [-0.4, -0.2) is 111 Å². The highest BCUT2D eigenvalue weighted by atomic mass is 32.1. The van der Waals surface area contributed by atoms with Crippen molar-refractivity contribution in [3.8, 4) is 32.4 Å². The Morgan fingerprint density at radius 1 is 0.826 bits per heavy atom. The number of rotatable bonds is 12. The van der Waals surface area contributed by atoms with Crippen LogP contribution in [0.25, 0.3) is 31.0 Å². The van der Waals surface area contributed by atoms with Crippen molar-refractivity contribution < 1.29 is 34.5 Å². The second kappa shape index (κ2) is 19.7. The molecule has 360 valence electrons. The van der Waals surface area contributed by atoms with E-state index in [0.29, 0.717) is 11.1 Å². The molecule has 1 spiro atoms. The Morgan fingerprint density at radius 2 is 1.46 bits per heavy atom. The van der Waals surface area contributed by atoms with E-state index in [4.69, 9.17) is 0 Å². The van der Waals surface area contributed by atoms with Crippen LogP contribution in [0.3, 0.4) is 0 Å². The minimum absolute atomic E-state index is 0.0171. The predicted octanol–water partition coefficient (Wildman–Crippen LogP) is 8.13. The summed E-state index contributed by atoms with van der Waals surface area (Å²) in [7, 11) is 0. The van der Waals surface area contributed by atoms with Crippen molar-refractivity contribution in [2.75, 3.05) is 44.2 Å². The standard InChI is InChI=1S/C54H60N6O7S2/c1-33-48(68-32-56-33)36-7-5-34(6-8-36)29-55-51(66)43-27-41(63)30-60(43)52(67)50(53(2,3)4)57-45(64)31-58-23-19-54(20-24-58)21-25-59(26-22-54)38-13-9-35(10-14-38)47(65)46-42-18-17-40(62)28-44(42)69-49(46)37-11-15-39(61)16-12-37/h5-18,28,32,41,43,50,61-63H,19-27,29-31H2,1-4H3,(H,55,66)(H,57,64)/t41-,43+,50?/m1/s1. The van der Waals surface area contributed by atoms with E-state index >= 15 is 0 Å². The maximum atomic E-state index is 14.3. The fraction of sp³-hybridized carbons (Fsp3) is 0.389. The van der Waals surface area contributed by atoms with Gasteiger partial charge in [0.2, 0.25) is 17.7 Å². The molecule has 2 aromatic heterocycles. The molecule has 0 aliphatic carbocycles. The van der Waals surface area contributed by atoms with Crippen molar-refractivity contribution in [2.45, 2.75) is 84.5 Å². The lowest BCUT2D eigenvalue weighted by Gasteiger charge is -2.47. The Hall–Kier alpha value is -6.13. The molecule has 4 aromatic carbocycles. The van der Waals surface area contributed by atoms with Gasteiger partial charge in [-0.3, -0.25) is 24.1 Å². The van der Waals surface area contributed by atoms with Crippen LogP contribution in [0.15, 0.2) is 96.5 Å². The fourth-order valence-corrected chi connectivity index (χ4v) is 12.3. The molecule has 5 heterocycles. The Labute approximate surface area is 410 Å². The molecule has 0 saturated carbocycles. The number of aromatic hydroxyl groups is 2. The van der Waals surface area contributed by atoms with E-state index < -0.39 is 23.6 Å². The first-order valence-corrected chi connectivity index (χ1v) is 25.5. The zero-order valence-corrected chi connectivity index (χ0v) is 41.2. The van der Waals surface area contributed by atoms with Crippen LogP contribution in [0, 0.1) is 17.8 Å². The number of hydrogen-bond acceptors (Lipinski definition) is 12. The summed E-state index contributed by atoms with van der Waals surface area (Å²) < 4.78 is 0.810. The number of β-amino-alcohol motifs (C(OH)–C–C–N with tert-alkyl or cyclic N) is 1. The van der Waals surface area contributed by atoms with Crippen LogP contribution in [0.1, 0.15) is 80.1 Å². The van der Waals surface area contributed by atoms with E-state index in [1.54, 1.807) is 53.8 Å². The topological polar surface area (TPSA) is 176 Å². The van der Waals surface area contributed by atoms with Gasteiger partial charge in [-0.15, -0.1) is 22.7 Å². The number of fused-ring (bicyclic) bond motifs is 1. The summed E-state index contributed by atoms with van der Waals surface area (Å²) in [4.78, 5) is 67.9. The molecule has 3 fully saturated rings. The number of benzene rings is 4. The Balaban J connectivity index is 0.764. The SMILES string of the molecule is Cc1ncsc1-c1ccc(CNC(=O)[C@@H]2C[C@@H](O)CN2C(=O)C(NC(=O)CN2CCC3(CC2)CCN(c2ccc(C(=O)c4c(-c5ccc(O)cc5)sc5cc(O)ccc45)cc2)CC3)C(C)(C)C)cc1. The Kier molecular flexibility index (Phi) is 13.7. The summed E-state index contributed by atoms with van der Waals surface area (Å²) in [6.45, 7) is 11.5. The van der Waals surface area contributed by atoms with Gasteiger partial charge < -0.3 is 35.8 Å². The number of phenols is 2. The quantitative estimate of drug-likeness (QED) is 0.0754. The number of carbonyl (C=O) groups excluding carboxylic acids is 4. The van der Waals surface area contributed by atoms with Crippen molar-refractivity contribution in [1.82, 2.24) is 25.4 Å². The third-order valence-corrected chi connectivity index (χ3v) is 16.5. The molecular weight excluding hydrogens is 909 g/mol. The fourth-order valence-electron chi connectivity index (χ4n) is 10.2. The van der Waals surface area contributed by atoms with Crippen molar-refractivity contribution in [2.24, 2.45) is 10.8 Å². The largest absolute Gasteiger partial charge is 0.508 e. The van der Waals surface area contributed by atoms with Gasteiger partial charge in [-0.05, 0) is 140 Å².